The number of pyridine rings is 1. The van der Waals surface area contributed by atoms with Gasteiger partial charge in [-0.3, -0.25) is 4.79 Å². The minimum Gasteiger partial charge on any atom is -0.379 e. The number of anilines is 1. The first-order chi connectivity index (χ1) is 13.4. The number of morpholine rings is 1. The Morgan fingerprint density at radius 1 is 1.21 bits per heavy atom. The molecule has 1 atom stereocenters. The standard InChI is InChI=1S/C20H25N3O4S/c1-3-17-7-9-22(10-8-17)16(2)20(24)21-18-5-4-6-19(15-18)28(25,26)23-11-13-27-14-12-23/h4-10,15-16H,3,11-14H2,1-2H3/p+1/t16-/m0/s1. The lowest BCUT2D eigenvalue weighted by molar-refractivity contribution is -0.705. The van der Waals surface area contributed by atoms with Crippen molar-refractivity contribution >= 4 is 21.6 Å². The van der Waals surface area contributed by atoms with Crippen LogP contribution in [0.4, 0.5) is 5.69 Å². The van der Waals surface area contributed by atoms with E-state index in [-0.39, 0.29) is 10.8 Å². The van der Waals surface area contributed by atoms with Crippen LogP contribution in [-0.2, 0) is 26.0 Å². The molecule has 8 heteroatoms. The van der Waals surface area contributed by atoms with Gasteiger partial charge in [0.1, 0.15) is 0 Å². The number of ether oxygens (including phenoxy) is 1. The Morgan fingerprint density at radius 3 is 2.54 bits per heavy atom. The molecule has 28 heavy (non-hydrogen) atoms. The van der Waals surface area contributed by atoms with E-state index in [1.807, 2.05) is 29.1 Å². The minimum absolute atomic E-state index is 0.166. The molecule has 1 aliphatic rings. The lowest BCUT2D eigenvalue weighted by atomic mass is 10.2. The fraction of sp³-hybridized carbons (Fsp3) is 0.400. The van der Waals surface area contributed by atoms with E-state index in [1.54, 1.807) is 25.1 Å². The van der Waals surface area contributed by atoms with Gasteiger partial charge in [0.05, 0.1) is 18.1 Å². The molecule has 1 saturated heterocycles. The molecule has 0 radical (unpaired) electrons. The van der Waals surface area contributed by atoms with Crippen molar-refractivity contribution in [2.45, 2.75) is 31.2 Å². The maximum atomic E-state index is 12.8. The number of sulfonamides is 1. The van der Waals surface area contributed by atoms with Gasteiger partial charge in [0, 0.05) is 37.8 Å². The van der Waals surface area contributed by atoms with Crippen molar-refractivity contribution in [1.29, 1.82) is 0 Å². The normalized spacial score (nSPS) is 16.5. The van der Waals surface area contributed by atoms with Crippen LogP contribution in [0.25, 0.3) is 0 Å². The number of benzene rings is 1. The summed E-state index contributed by atoms with van der Waals surface area (Å²) in [5.74, 6) is -0.213. The molecule has 1 aliphatic heterocycles. The molecule has 1 aromatic carbocycles. The van der Waals surface area contributed by atoms with Crippen molar-refractivity contribution < 1.29 is 22.5 Å². The molecule has 3 rings (SSSR count). The summed E-state index contributed by atoms with van der Waals surface area (Å²) in [4.78, 5) is 12.8. The summed E-state index contributed by atoms with van der Waals surface area (Å²) in [6.45, 7) is 5.33. The van der Waals surface area contributed by atoms with Crippen LogP contribution >= 0.6 is 0 Å². The quantitative estimate of drug-likeness (QED) is 0.744. The first kappa shape index (κ1) is 20.4. The van der Waals surface area contributed by atoms with Gasteiger partial charge in [-0.05, 0) is 30.2 Å². The Labute approximate surface area is 166 Å². The topological polar surface area (TPSA) is 79.6 Å². The van der Waals surface area contributed by atoms with Gasteiger partial charge in [-0.15, -0.1) is 0 Å². The Bertz CT molecular complexity index is 923. The third-order valence-electron chi connectivity index (χ3n) is 4.87. The molecular weight excluding hydrogens is 378 g/mol. The van der Waals surface area contributed by atoms with Crippen LogP contribution in [0.1, 0.15) is 25.5 Å². The summed E-state index contributed by atoms with van der Waals surface area (Å²) in [5.41, 5.74) is 1.65. The average molecular weight is 405 g/mol. The zero-order valence-electron chi connectivity index (χ0n) is 16.2. The van der Waals surface area contributed by atoms with Crippen molar-refractivity contribution in [1.82, 2.24) is 4.31 Å². The van der Waals surface area contributed by atoms with Crippen molar-refractivity contribution in [3.63, 3.8) is 0 Å². The minimum atomic E-state index is -3.60. The lowest BCUT2D eigenvalue weighted by Gasteiger charge is -2.26. The smallest absolute Gasteiger partial charge is 0.293 e. The number of carbonyl (C=O) groups excluding carboxylic acids is 1. The van der Waals surface area contributed by atoms with Crippen LogP contribution in [0.5, 0.6) is 0 Å². The predicted molar refractivity (Wildman–Crippen MR) is 105 cm³/mol. The van der Waals surface area contributed by atoms with E-state index in [0.29, 0.717) is 32.0 Å². The highest BCUT2D eigenvalue weighted by atomic mass is 32.2. The number of aryl methyl sites for hydroxylation is 1. The second kappa shape index (κ2) is 8.81. The summed E-state index contributed by atoms with van der Waals surface area (Å²) >= 11 is 0. The SMILES string of the molecule is CCc1cc[n+]([C@@H](C)C(=O)Nc2cccc(S(=O)(=O)N3CCOCC3)c2)cc1. The molecule has 1 fully saturated rings. The summed E-state index contributed by atoms with van der Waals surface area (Å²) < 4.78 is 34.0. The van der Waals surface area contributed by atoms with E-state index < -0.39 is 16.1 Å². The molecule has 150 valence electrons. The van der Waals surface area contributed by atoms with Gasteiger partial charge in [0.25, 0.3) is 5.91 Å². The Hall–Kier alpha value is -2.29. The molecule has 1 amide bonds. The molecule has 0 bridgehead atoms. The molecule has 2 heterocycles. The first-order valence-corrected chi connectivity index (χ1v) is 10.8. The van der Waals surface area contributed by atoms with Crippen LogP contribution in [0.2, 0.25) is 0 Å². The van der Waals surface area contributed by atoms with Gasteiger partial charge in [-0.2, -0.15) is 8.87 Å². The van der Waals surface area contributed by atoms with Crippen molar-refractivity contribution in [2.24, 2.45) is 0 Å². The molecule has 2 aromatic rings. The van der Waals surface area contributed by atoms with Gasteiger partial charge in [-0.25, -0.2) is 8.42 Å². The van der Waals surface area contributed by atoms with Crippen LogP contribution in [-0.4, -0.2) is 44.9 Å². The molecule has 1 N–H and O–H groups in total. The van der Waals surface area contributed by atoms with Crippen LogP contribution in [0, 0.1) is 0 Å². The number of nitrogens with one attached hydrogen (secondary N) is 1. The molecule has 1 aromatic heterocycles. The Morgan fingerprint density at radius 2 is 1.89 bits per heavy atom. The first-order valence-electron chi connectivity index (χ1n) is 9.40. The number of amides is 1. The molecule has 7 nitrogen and oxygen atoms in total. The fourth-order valence-electron chi connectivity index (χ4n) is 3.02. The second-order valence-corrected chi connectivity index (χ2v) is 8.65. The summed E-state index contributed by atoms with van der Waals surface area (Å²) in [6.07, 6.45) is 4.69. The third kappa shape index (κ3) is 4.57. The van der Waals surface area contributed by atoms with E-state index in [9.17, 15) is 13.2 Å². The van der Waals surface area contributed by atoms with E-state index in [4.69, 9.17) is 4.74 Å². The molecule has 0 aliphatic carbocycles. The Kier molecular flexibility index (Phi) is 6.43. The molecule has 0 unspecified atom stereocenters. The highest BCUT2D eigenvalue weighted by Crippen LogP contribution is 2.21. The van der Waals surface area contributed by atoms with Crippen LogP contribution in [0.3, 0.4) is 0 Å². The van der Waals surface area contributed by atoms with Gasteiger partial charge in [-0.1, -0.05) is 13.0 Å². The summed E-state index contributed by atoms with van der Waals surface area (Å²) in [6, 6.07) is 9.91. The zero-order chi connectivity index (χ0) is 20.1. The van der Waals surface area contributed by atoms with Crippen LogP contribution in [0.15, 0.2) is 53.7 Å². The maximum absolute atomic E-state index is 12.8. The lowest BCUT2D eigenvalue weighted by Crippen LogP contribution is -2.44. The van der Waals surface area contributed by atoms with E-state index >= 15 is 0 Å². The summed E-state index contributed by atoms with van der Waals surface area (Å²) in [5, 5.41) is 2.82. The van der Waals surface area contributed by atoms with Gasteiger partial charge in [0.15, 0.2) is 12.4 Å². The number of nitrogens with zero attached hydrogens (tertiary/aromatic N) is 2. The fourth-order valence-corrected chi connectivity index (χ4v) is 4.47. The van der Waals surface area contributed by atoms with Crippen molar-refractivity contribution in [3.05, 3.63) is 54.4 Å². The van der Waals surface area contributed by atoms with E-state index in [0.717, 1.165) is 6.42 Å². The number of hydrogen-bond donors (Lipinski definition) is 1. The third-order valence-corrected chi connectivity index (χ3v) is 6.76. The van der Waals surface area contributed by atoms with Crippen molar-refractivity contribution in [2.75, 3.05) is 31.6 Å². The number of carbonyl (C=O) groups is 1. The predicted octanol–water partition coefficient (Wildman–Crippen LogP) is 1.76. The molecule has 0 saturated carbocycles. The highest BCUT2D eigenvalue weighted by Gasteiger charge is 2.27. The monoisotopic (exact) mass is 404 g/mol. The average Bonchev–Trinajstić information content (AvgIpc) is 2.74. The number of hydrogen-bond acceptors (Lipinski definition) is 4. The number of aromatic nitrogens is 1. The van der Waals surface area contributed by atoms with E-state index in [2.05, 4.69) is 12.2 Å². The van der Waals surface area contributed by atoms with Crippen LogP contribution < -0.4 is 9.88 Å². The zero-order valence-corrected chi connectivity index (χ0v) is 17.0. The Balaban J connectivity index is 1.73. The second-order valence-electron chi connectivity index (χ2n) is 6.72. The number of rotatable bonds is 6. The summed E-state index contributed by atoms with van der Waals surface area (Å²) in [7, 11) is -3.60. The maximum Gasteiger partial charge on any atom is 0.293 e. The van der Waals surface area contributed by atoms with Gasteiger partial charge < -0.3 is 10.1 Å². The van der Waals surface area contributed by atoms with E-state index in [1.165, 1.54) is 15.9 Å². The van der Waals surface area contributed by atoms with Crippen molar-refractivity contribution in [3.8, 4) is 0 Å². The molecule has 0 spiro atoms. The van der Waals surface area contributed by atoms with Gasteiger partial charge >= 0.3 is 0 Å². The van der Waals surface area contributed by atoms with Gasteiger partial charge in [0.2, 0.25) is 16.1 Å². The molecular formula is C20H26N3O4S+. The largest absolute Gasteiger partial charge is 0.379 e. The highest BCUT2D eigenvalue weighted by molar-refractivity contribution is 7.89.